The van der Waals surface area contributed by atoms with Gasteiger partial charge in [0.1, 0.15) is 0 Å². The molecule has 1 aromatic heterocycles. The number of fused-ring (bicyclic) bond motifs is 1. The molecule has 1 heterocycles. The lowest BCUT2D eigenvalue weighted by molar-refractivity contribution is 0.129. The Bertz CT molecular complexity index is 635. The monoisotopic (exact) mass is 344 g/mol. The Labute approximate surface area is 151 Å². The summed E-state index contributed by atoms with van der Waals surface area (Å²) in [6.07, 6.45) is 7.58. The average Bonchev–Trinajstić information content (AvgIpc) is 3.06. The third kappa shape index (κ3) is 6.78. The summed E-state index contributed by atoms with van der Waals surface area (Å²) in [6.45, 7) is 5.65. The SMILES string of the molecule is CCCCOCCCNC(=NC)NCCCc1c[nH]c2ccccc12. The van der Waals surface area contributed by atoms with Crippen molar-refractivity contribution in [2.75, 3.05) is 33.4 Å². The van der Waals surface area contributed by atoms with Crippen LogP contribution < -0.4 is 10.6 Å². The molecule has 138 valence electrons. The van der Waals surface area contributed by atoms with Crippen LogP contribution in [-0.2, 0) is 11.2 Å². The van der Waals surface area contributed by atoms with E-state index in [1.807, 2.05) is 7.05 Å². The lowest BCUT2D eigenvalue weighted by atomic mass is 10.1. The quantitative estimate of drug-likeness (QED) is 0.332. The first-order valence-corrected chi connectivity index (χ1v) is 9.42. The summed E-state index contributed by atoms with van der Waals surface area (Å²) in [4.78, 5) is 7.60. The van der Waals surface area contributed by atoms with Crippen LogP contribution in [0.15, 0.2) is 35.5 Å². The number of para-hydroxylation sites is 1. The molecule has 0 atom stereocenters. The van der Waals surface area contributed by atoms with Gasteiger partial charge in [0.25, 0.3) is 0 Å². The molecule has 25 heavy (non-hydrogen) atoms. The number of unbranched alkanes of at least 4 members (excludes halogenated alkanes) is 1. The predicted molar refractivity (Wildman–Crippen MR) is 106 cm³/mol. The molecule has 0 amide bonds. The number of aryl methyl sites for hydroxylation is 1. The topological polar surface area (TPSA) is 61.4 Å². The van der Waals surface area contributed by atoms with Crippen LogP contribution in [0.2, 0.25) is 0 Å². The van der Waals surface area contributed by atoms with Crippen LogP contribution in [-0.4, -0.2) is 44.3 Å². The van der Waals surface area contributed by atoms with Gasteiger partial charge in [0.05, 0.1) is 0 Å². The Morgan fingerprint density at radius 3 is 2.64 bits per heavy atom. The van der Waals surface area contributed by atoms with Crippen LogP contribution in [0, 0.1) is 0 Å². The van der Waals surface area contributed by atoms with Gasteiger partial charge in [-0.25, -0.2) is 0 Å². The van der Waals surface area contributed by atoms with E-state index in [0.717, 1.165) is 57.9 Å². The highest BCUT2D eigenvalue weighted by Crippen LogP contribution is 2.18. The predicted octanol–water partition coefficient (Wildman–Crippen LogP) is 3.47. The summed E-state index contributed by atoms with van der Waals surface area (Å²) in [7, 11) is 1.81. The van der Waals surface area contributed by atoms with Crippen molar-refractivity contribution in [2.45, 2.75) is 39.0 Å². The fourth-order valence-electron chi connectivity index (χ4n) is 2.77. The van der Waals surface area contributed by atoms with Gasteiger partial charge in [-0.15, -0.1) is 0 Å². The van der Waals surface area contributed by atoms with Crippen molar-refractivity contribution in [3.05, 3.63) is 36.0 Å². The maximum Gasteiger partial charge on any atom is 0.190 e. The maximum absolute atomic E-state index is 5.56. The molecule has 0 unspecified atom stereocenters. The highest BCUT2D eigenvalue weighted by atomic mass is 16.5. The van der Waals surface area contributed by atoms with Crippen LogP contribution in [0.1, 0.15) is 38.2 Å². The molecule has 5 nitrogen and oxygen atoms in total. The first-order valence-electron chi connectivity index (χ1n) is 9.42. The minimum atomic E-state index is 0.810. The molecule has 0 fully saturated rings. The Balaban J connectivity index is 1.58. The van der Waals surface area contributed by atoms with Crippen LogP contribution >= 0.6 is 0 Å². The zero-order valence-electron chi connectivity index (χ0n) is 15.6. The van der Waals surface area contributed by atoms with E-state index in [1.54, 1.807) is 0 Å². The number of nitrogens with zero attached hydrogens (tertiary/aromatic N) is 1. The smallest absolute Gasteiger partial charge is 0.190 e. The number of benzene rings is 1. The summed E-state index contributed by atoms with van der Waals surface area (Å²) in [6, 6.07) is 8.46. The molecule has 5 heteroatoms. The molecule has 0 saturated heterocycles. The number of aromatic amines is 1. The van der Waals surface area contributed by atoms with Crippen molar-refractivity contribution in [3.63, 3.8) is 0 Å². The molecule has 0 bridgehead atoms. The van der Waals surface area contributed by atoms with E-state index in [-0.39, 0.29) is 0 Å². The number of hydrogen-bond donors (Lipinski definition) is 3. The van der Waals surface area contributed by atoms with Crippen LogP contribution in [0.3, 0.4) is 0 Å². The van der Waals surface area contributed by atoms with Crippen LogP contribution in [0.4, 0.5) is 0 Å². The van der Waals surface area contributed by atoms with E-state index in [0.29, 0.717) is 0 Å². The van der Waals surface area contributed by atoms with E-state index in [4.69, 9.17) is 4.74 Å². The van der Waals surface area contributed by atoms with Gasteiger partial charge in [-0.1, -0.05) is 31.5 Å². The van der Waals surface area contributed by atoms with Gasteiger partial charge >= 0.3 is 0 Å². The van der Waals surface area contributed by atoms with E-state index in [9.17, 15) is 0 Å². The van der Waals surface area contributed by atoms with Gasteiger partial charge in [0, 0.05) is 50.5 Å². The third-order valence-corrected chi connectivity index (χ3v) is 4.21. The summed E-state index contributed by atoms with van der Waals surface area (Å²) >= 11 is 0. The number of aromatic nitrogens is 1. The molecule has 0 aliphatic rings. The molecule has 2 rings (SSSR count). The average molecular weight is 345 g/mol. The fraction of sp³-hybridized carbons (Fsp3) is 0.550. The van der Waals surface area contributed by atoms with Gasteiger partial charge in [0.15, 0.2) is 5.96 Å². The number of ether oxygens (including phenoxy) is 1. The van der Waals surface area contributed by atoms with Crippen molar-refractivity contribution in [1.29, 1.82) is 0 Å². The van der Waals surface area contributed by atoms with Crippen molar-refractivity contribution in [1.82, 2.24) is 15.6 Å². The van der Waals surface area contributed by atoms with Gasteiger partial charge in [-0.05, 0) is 37.3 Å². The first kappa shape index (κ1) is 19.3. The van der Waals surface area contributed by atoms with Gasteiger partial charge < -0.3 is 20.4 Å². The molecule has 0 spiro atoms. The molecule has 1 aromatic carbocycles. The summed E-state index contributed by atoms with van der Waals surface area (Å²) in [5.74, 6) is 0.868. The summed E-state index contributed by atoms with van der Waals surface area (Å²) in [5, 5.41) is 8.04. The van der Waals surface area contributed by atoms with Crippen molar-refractivity contribution >= 4 is 16.9 Å². The van der Waals surface area contributed by atoms with E-state index in [2.05, 4.69) is 58.0 Å². The lowest BCUT2D eigenvalue weighted by Gasteiger charge is -2.11. The number of rotatable bonds is 11. The standard InChI is InChI=1S/C20H32N4O/c1-3-4-14-25-15-8-13-23-20(21-2)22-12-7-9-17-16-24-19-11-6-5-10-18(17)19/h5-6,10-11,16,24H,3-4,7-9,12-15H2,1-2H3,(H2,21,22,23). The largest absolute Gasteiger partial charge is 0.381 e. The highest BCUT2D eigenvalue weighted by Gasteiger charge is 2.03. The molecular weight excluding hydrogens is 312 g/mol. The number of guanidine groups is 1. The Morgan fingerprint density at radius 1 is 1.08 bits per heavy atom. The van der Waals surface area contributed by atoms with E-state index < -0.39 is 0 Å². The summed E-state index contributed by atoms with van der Waals surface area (Å²) < 4.78 is 5.56. The molecule has 2 aromatic rings. The minimum absolute atomic E-state index is 0.810. The second-order valence-corrected chi connectivity index (χ2v) is 6.21. The zero-order valence-corrected chi connectivity index (χ0v) is 15.6. The van der Waals surface area contributed by atoms with E-state index >= 15 is 0 Å². The molecule has 0 aliphatic heterocycles. The Kier molecular flexibility index (Phi) is 8.91. The summed E-state index contributed by atoms with van der Waals surface area (Å²) in [5.41, 5.74) is 2.59. The highest BCUT2D eigenvalue weighted by molar-refractivity contribution is 5.83. The van der Waals surface area contributed by atoms with Gasteiger partial charge in [-0.3, -0.25) is 4.99 Å². The zero-order chi connectivity index (χ0) is 17.7. The second-order valence-electron chi connectivity index (χ2n) is 6.21. The maximum atomic E-state index is 5.56. The molecule has 0 aliphatic carbocycles. The number of hydrogen-bond acceptors (Lipinski definition) is 2. The molecule has 3 N–H and O–H groups in total. The van der Waals surface area contributed by atoms with Crippen LogP contribution in [0.25, 0.3) is 10.9 Å². The van der Waals surface area contributed by atoms with Gasteiger partial charge in [-0.2, -0.15) is 0 Å². The lowest BCUT2D eigenvalue weighted by Crippen LogP contribution is -2.38. The third-order valence-electron chi connectivity index (χ3n) is 4.21. The second kappa shape index (κ2) is 11.5. The minimum Gasteiger partial charge on any atom is -0.381 e. The number of H-pyrrole nitrogens is 1. The fourth-order valence-corrected chi connectivity index (χ4v) is 2.77. The molecule has 0 radical (unpaired) electrons. The normalized spacial score (nSPS) is 11.8. The van der Waals surface area contributed by atoms with Crippen molar-refractivity contribution in [2.24, 2.45) is 4.99 Å². The number of aliphatic imine (C=N–C) groups is 1. The first-order chi connectivity index (χ1) is 12.3. The Hall–Kier alpha value is -2.01. The van der Waals surface area contributed by atoms with Crippen molar-refractivity contribution < 1.29 is 4.74 Å². The van der Waals surface area contributed by atoms with E-state index in [1.165, 1.54) is 22.9 Å². The molecule has 0 saturated carbocycles. The van der Waals surface area contributed by atoms with Crippen LogP contribution in [0.5, 0.6) is 0 Å². The number of nitrogens with one attached hydrogen (secondary N) is 3. The Morgan fingerprint density at radius 2 is 1.84 bits per heavy atom. The van der Waals surface area contributed by atoms with Crippen molar-refractivity contribution in [3.8, 4) is 0 Å². The molecular formula is C20H32N4O. The van der Waals surface area contributed by atoms with Gasteiger partial charge in [0.2, 0.25) is 0 Å².